The van der Waals surface area contributed by atoms with Gasteiger partial charge in [-0.15, -0.1) is 0 Å². The van der Waals surface area contributed by atoms with E-state index in [-0.39, 0.29) is 12.0 Å². The molecule has 8 heteroatoms. The minimum atomic E-state index is -0.907. The van der Waals surface area contributed by atoms with E-state index in [0.717, 1.165) is 28.9 Å². The Morgan fingerprint density at radius 2 is 2.05 bits per heavy atom. The fourth-order valence-electron chi connectivity index (χ4n) is 3.72. The number of fused-ring (bicyclic) bond motifs is 1. The average molecular weight is 502 g/mol. The molecule has 0 saturated carbocycles. The molecule has 37 heavy (non-hydrogen) atoms. The van der Waals surface area contributed by atoms with Crippen LogP contribution in [0, 0.1) is 0 Å². The van der Waals surface area contributed by atoms with E-state index in [2.05, 4.69) is 34.2 Å². The smallest absolute Gasteiger partial charge is 0.335 e. The zero-order chi connectivity index (χ0) is 26.6. The van der Waals surface area contributed by atoms with Gasteiger partial charge in [-0.05, 0) is 36.6 Å². The first-order chi connectivity index (χ1) is 17.9. The summed E-state index contributed by atoms with van der Waals surface area (Å²) in [4.78, 5) is 15.4. The third-order valence-electron chi connectivity index (χ3n) is 5.79. The lowest BCUT2D eigenvalue weighted by molar-refractivity contribution is 0.0697. The molecule has 0 spiro atoms. The number of rotatable bonds is 9. The van der Waals surface area contributed by atoms with Gasteiger partial charge in [0.15, 0.2) is 0 Å². The average Bonchev–Trinajstić information content (AvgIpc) is 3.35. The number of hydrogen-bond acceptors (Lipinski definition) is 6. The standard InChI is InChI=1S/C22H25N5O3.C7H10/c1-14(15-3-5-16(6-4-15)22(28)29)8-23-11-19-12-24-20-7-17(9-25-21(20)30-19)18-10-26-27(2)13-18;1-3-5-7-6-4-2/h3-7,9-10,13-14,19,23-24H,8,11-12H2,1-2H3,(H,28,29);3-7H,1H2,2H3/b;6-4-,7-5-. The van der Waals surface area contributed by atoms with E-state index in [9.17, 15) is 4.79 Å². The number of anilines is 1. The molecule has 3 heterocycles. The minimum absolute atomic E-state index is 0.0178. The van der Waals surface area contributed by atoms with Gasteiger partial charge in [-0.1, -0.05) is 56.0 Å². The van der Waals surface area contributed by atoms with Crippen LogP contribution in [-0.4, -0.2) is 51.6 Å². The van der Waals surface area contributed by atoms with Crippen LogP contribution >= 0.6 is 0 Å². The molecule has 1 aliphatic rings. The van der Waals surface area contributed by atoms with Crippen molar-refractivity contribution in [3.63, 3.8) is 0 Å². The topological polar surface area (TPSA) is 101 Å². The fourth-order valence-corrected chi connectivity index (χ4v) is 3.72. The number of allylic oxidation sites excluding steroid dienone is 5. The van der Waals surface area contributed by atoms with E-state index >= 15 is 0 Å². The highest BCUT2D eigenvalue weighted by Gasteiger charge is 2.21. The zero-order valence-electron chi connectivity index (χ0n) is 21.6. The van der Waals surface area contributed by atoms with E-state index in [0.29, 0.717) is 24.5 Å². The Bertz CT molecular complexity index is 1230. The molecule has 2 aromatic heterocycles. The van der Waals surface area contributed by atoms with Crippen molar-refractivity contribution < 1.29 is 14.6 Å². The molecule has 4 rings (SSSR count). The number of aromatic carboxylic acids is 1. The Balaban J connectivity index is 0.000000479. The van der Waals surface area contributed by atoms with Gasteiger partial charge in [-0.2, -0.15) is 5.10 Å². The number of nitrogens with one attached hydrogen (secondary N) is 2. The number of hydrogen-bond donors (Lipinski definition) is 3. The van der Waals surface area contributed by atoms with E-state index in [4.69, 9.17) is 9.84 Å². The molecule has 0 fully saturated rings. The molecule has 3 aromatic rings. The Hall–Kier alpha value is -4.17. The van der Waals surface area contributed by atoms with Crippen LogP contribution in [0.2, 0.25) is 0 Å². The quantitative estimate of drug-likeness (QED) is 0.353. The van der Waals surface area contributed by atoms with Gasteiger partial charge >= 0.3 is 5.97 Å². The number of aryl methyl sites for hydroxylation is 1. The van der Waals surface area contributed by atoms with Gasteiger partial charge in [-0.3, -0.25) is 4.68 Å². The van der Waals surface area contributed by atoms with Crippen LogP contribution in [0.1, 0.15) is 35.7 Å². The fraction of sp³-hybridized carbons (Fsp3) is 0.276. The maximum absolute atomic E-state index is 11.0. The summed E-state index contributed by atoms with van der Waals surface area (Å²) in [7, 11) is 1.89. The monoisotopic (exact) mass is 501 g/mol. The highest BCUT2D eigenvalue weighted by atomic mass is 16.5. The van der Waals surface area contributed by atoms with Crippen LogP contribution in [0.5, 0.6) is 5.88 Å². The third kappa shape index (κ3) is 8.18. The molecule has 0 bridgehead atoms. The molecule has 0 amide bonds. The minimum Gasteiger partial charge on any atom is -0.478 e. The Morgan fingerprint density at radius 3 is 2.70 bits per heavy atom. The van der Waals surface area contributed by atoms with Crippen molar-refractivity contribution in [2.45, 2.75) is 25.9 Å². The number of carbonyl (C=O) groups is 1. The number of benzene rings is 1. The normalized spacial score (nSPS) is 15.3. The molecule has 1 aromatic carbocycles. The molecule has 0 aliphatic carbocycles. The first-order valence-electron chi connectivity index (χ1n) is 12.2. The van der Waals surface area contributed by atoms with Gasteiger partial charge in [-0.25, -0.2) is 9.78 Å². The van der Waals surface area contributed by atoms with Crippen molar-refractivity contribution in [3.8, 4) is 17.0 Å². The Kier molecular flexibility index (Phi) is 10.2. The first-order valence-corrected chi connectivity index (χ1v) is 12.2. The van der Waals surface area contributed by atoms with E-state index in [1.54, 1.807) is 29.1 Å². The van der Waals surface area contributed by atoms with Crippen LogP contribution in [0.25, 0.3) is 11.1 Å². The van der Waals surface area contributed by atoms with Crippen molar-refractivity contribution in [2.24, 2.45) is 7.05 Å². The number of carboxylic acids is 1. The van der Waals surface area contributed by atoms with Gasteiger partial charge < -0.3 is 20.5 Å². The van der Waals surface area contributed by atoms with Crippen molar-refractivity contribution in [1.82, 2.24) is 20.1 Å². The largest absolute Gasteiger partial charge is 0.478 e. The summed E-state index contributed by atoms with van der Waals surface area (Å²) < 4.78 is 7.80. The molecule has 0 radical (unpaired) electrons. The molecule has 2 unspecified atom stereocenters. The highest BCUT2D eigenvalue weighted by molar-refractivity contribution is 5.87. The predicted octanol–water partition coefficient (Wildman–Crippen LogP) is 5.05. The summed E-state index contributed by atoms with van der Waals surface area (Å²) >= 11 is 0. The Labute approximate surface area is 218 Å². The first kappa shape index (κ1) is 27.4. The summed E-state index contributed by atoms with van der Waals surface area (Å²) in [6.07, 6.45) is 15.1. The van der Waals surface area contributed by atoms with Crippen molar-refractivity contribution in [2.75, 3.05) is 25.0 Å². The van der Waals surface area contributed by atoms with Gasteiger partial charge in [0.1, 0.15) is 6.10 Å². The Morgan fingerprint density at radius 1 is 1.27 bits per heavy atom. The van der Waals surface area contributed by atoms with E-state index in [1.807, 2.05) is 68.9 Å². The summed E-state index contributed by atoms with van der Waals surface area (Å²) in [5, 5.41) is 20.1. The third-order valence-corrected chi connectivity index (χ3v) is 5.79. The molecular weight excluding hydrogens is 466 g/mol. The lowest BCUT2D eigenvalue weighted by Crippen LogP contribution is -2.40. The summed E-state index contributed by atoms with van der Waals surface area (Å²) in [6.45, 7) is 9.76. The molecule has 1 aliphatic heterocycles. The second-order valence-electron chi connectivity index (χ2n) is 8.73. The molecule has 0 saturated heterocycles. The summed E-state index contributed by atoms with van der Waals surface area (Å²) in [6, 6.07) is 9.06. The number of nitrogens with zero attached hydrogens (tertiary/aromatic N) is 3. The van der Waals surface area contributed by atoms with Crippen LogP contribution in [-0.2, 0) is 7.05 Å². The number of aromatic nitrogens is 3. The van der Waals surface area contributed by atoms with E-state index < -0.39 is 5.97 Å². The second-order valence-corrected chi connectivity index (χ2v) is 8.73. The lowest BCUT2D eigenvalue weighted by atomic mass is 10.00. The number of carboxylic acid groups (broad SMARTS) is 1. The van der Waals surface area contributed by atoms with Crippen LogP contribution in [0.3, 0.4) is 0 Å². The molecule has 2 atom stereocenters. The highest BCUT2D eigenvalue weighted by Crippen LogP contribution is 2.31. The maximum atomic E-state index is 11.0. The van der Waals surface area contributed by atoms with Crippen LogP contribution in [0.15, 0.2) is 85.9 Å². The summed E-state index contributed by atoms with van der Waals surface area (Å²) in [5.74, 6) is -0.0365. The zero-order valence-corrected chi connectivity index (χ0v) is 21.6. The van der Waals surface area contributed by atoms with Gasteiger partial charge in [0, 0.05) is 43.7 Å². The van der Waals surface area contributed by atoms with Gasteiger partial charge in [0.25, 0.3) is 0 Å². The maximum Gasteiger partial charge on any atom is 0.335 e. The van der Waals surface area contributed by atoms with Gasteiger partial charge in [0.05, 0.1) is 24.0 Å². The van der Waals surface area contributed by atoms with Crippen LogP contribution in [0.4, 0.5) is 5.69 Å². The molecule has 8 nitrogen and oxygen atoms in total. The SMILES string of the molecule is C=C/C=C\C=C/C.CC(CNCC1CNc2cc(-c3cnn(C)c3)cnc2O1)c1ccc(C(=O)O)cc1. The van der Waals surface area contributed by atoms with Crippen molar-refractivity contribution in [1.29, 1.82) is 0 Å². The summed E-state index contributed by atoms with van der Waals surface area (Å²) in [5.41, 5.74) is 4.31. The number of pyridine rings is 1. The van der Waals surface area contributed by atoms with Crippen LogP contribution < -0.4 is 15.4 Å². The van der Waals surface area contributed by atoms with Crippen molar-refractivity contribution in [3.05, 3.63) is 97.0 Å². The second kappa shape index (κ2) is 13.8. The van der Waals surface area contributed by atoms with Crippen molar-refractivity contribution >= 4 is 11.7 Å². The predicted molar refractivity (Wildman–Crippen MR) is 148 cm³/mol. The number of ether oxygens (including phenoxy) is 1. The van der Waals surface area contributed by atoms with Gasteiger partial charge in [0.2, 0.25) is 5.88 Å². The molecule has 3 N–H and O–H groups in total. The molecule has 194 valence electrons. The molecular formula is C29H35N5O3. The lowest BCUT2D eigenvalue weighted by Gasteiger charge is -2.27. The van der Waals surface area contributed by atoms with E-state index in [1.165, 1.54) is 0 Å².